The van der Waals surface area contributed by atoms with E-state index in [0.29, 0.717) is 33.8 Å². The molecule has 6 nitrogen and oxygen atoms in total. The number of benzene rings is 2. The molecular formula is C25H23N3O3S. The number of rotatable bonds is 6. The lowest BCUT2D eigenvalue weighted by Crippen LogP contribution is -2.12. The van der Waals surface area contributed by atoms with E-state index in [2.05, 4.69) is 17.1 Å². The molecule has 1 aliphatic carbocycles. The minimum Gasteiger partial charge on any atom is -0.457 e. The van der Waals surface area contributed by atoms with Crippen LogP contribution in [-0.4, -0.2) is 26.1 Å². The van der Waals surface area contributed by atoms with Crippen LogP contribution in [0.15, 0.2) is 65.7 Å². The number of carbonyl (C=O) groups excluding carboxylic acids is 1. The fraction of sp³-hybridized carbons (Fsp3) is 0.200. The van der Waals surface area contributed by atoms with Gasteiger partial charge in [-0.1, -0.05) is 12.5 Å². The number of nitrogens with zero attached hydrogens (tertiary/aromatic N) is 2. The maximum Gasteiger partial charge on any atom is 0.248 e. The zero-order valence-corrected chi connectivity index (χ0v) is 18.4. The van der Waals surface area contributed by atoms with Gasteiger partial charge >= 0.3 is 0 Å². The number of hydrogen-bond donors (Lipinski definition) is 2. The summed E-state index contributed by atoms with van der Waals surface area (Å²) in [6.45, 7) is 1.83. The molecular weight excluding hydrogens is 422 g/mol. The predicted molar refractivity (Wildman–Crippen MR) is 125 cm³/mol. The maximum absolute atomic E-state index is 11.6. The SMILES string of the molecule is Cc1cc(-c2cc(SC3CCC3)ccc2Oc2cccc(C(N)=O)c2)c2ccnc-2n1O. The molecule has 0 unspecified atom stereocenters. The largest absolute Gasteiger partial charge is 0.457 e. The molecule has 3 N–H and O–H groups in total. The molecule has 7 heteroatoms. The molecule has 3 aliphatic rings. The Morgan fingerprint density at radius 3 is 2.72 bits per heavy atom. The van der Waals surface area contributed by atoms with Crippen LogP contribution in [0, 0.1) is 6.92 Å². The Balaban J connectivity index is 1.61. The third-order valence-electron chi connectivity index (χ3n) is 5.80. The molecule has 0 radical (unpaired) electrons. The van der Waals surface area contributed by atoms with E-state index in [4.69, 9.17) is 10.5 Å². The van der Waals surface area contributed by atoms with Crippen LogP contribution < -0.4 is 10.5 Å². The smallest absolute Gasteiger partial charge is 0.248 e. The fourth-order valence-electron chi connectivity index (χ4n) is 3.85. The van der Waals surface area contributed by atoms with Crippen LogP contribution in [-0.2, 0) is 0 Å². The Labute approximate surface area is 190 Å². The van der Waals surface area contributed by atoms with Crippen molar-refractivity contribution in [2.45, 2.75) is 36.3 Å². The summed E-state index contributed by atoms with van der Waals surface area (Å²) in [5.74, 6) is 1.18. The quantitative estimate of drug-likeness (QED) is 0.370. The van der Waals surface area contributed by atoms with E-state index in [1.165, 1.54) is 24.2 Å². The molecule has 5 rings (SSSR count). The lowest BCUT2D eigenvalue weighted by Gasteiger charge is -2.25. The number of carbonyl (C=O) groups is 1. The van der Waals surface area contributed by atoms with Crippen molar-refractivity contribution in [1.82, 2.24) is 9.71 Å². The van der Waals surface area contributed by atoms with Gasteiger partial charge in [0.1, 0.15) is 11.5 Å². The van der Waals surface area contributed by atoms with Crippen LogP contribution >= 0.6 is 11.8 Å². The monoisotopic (exact) mass is 445 g/mol. The van der Waals surface area contributed by atoms with E-state index in [-0.39, 0.29) is 0 Å². The van der Waals surface area contributed by atoms with E-state index in [0.717, 1.165) is 21.4 Å². The molecule has 1 amide bonds. The first-order valence-electron chi connectivity index (χ1n) is 10.5. The summed E-state index contributed by atoms with van der Waals surface area (Å²) in [7, 11) is 0. The van der Waals surface area contributed by atoms with Gasteiger partial charge in [0, 0.05) is 33.0 Å². The van der Waals surface area contributed by atoms with Gasteiger partial charge in [0.05, 0.1) is 5.69 Å². The number of amides is 1. The number of pyridine rings is 1. The molecule has 0 bridgehead atoms. The number of thioether (sulfide) groups is 1. The van der Waals surface area contributed by atoms with E-state index >= 15 is 0 Å². The Morgan fingerprint density at radius 2 is 1.97 bits per heavy atom. The van der Waals surface area contributed by atoms with Gasteiger partial charge in [0.2, 0.25) is 5.91 Å². The van der Waals surface area contributed by atoms with Crippen molar-refractivity contribution < 1.29 is 14.7 Å². The van der Waals surface area contributed by atoms with Crippen LogP contribution in [0.3, 0.4) is 0 Å². The molecule has 162 valence electrons. The first-order valence-corrected chi connectivity index (χ1v) is 11.4. The molecule has 1 fully saturated rings. The number of aryl methyl sites for hydroxylation is 1. The second-order valence-electron chi connectivity index (χ2n) is 8.02. The topological polar surface area (TPSA) is 90.4 Å². The van der Waals surface area contributed by atoms with Crippen LogP contribution in [0.5, 0.6) is 11.5 Å². The normalized spacial score (nSPS) is 13.8. The number of aromatic nitrogens is 2. The zero-order valence-electron chi connectivity index (χ0n) is 17.6. The third-order valence-corrected chi connectivity index (χ3v) is 7.13. The summed E-state index contributed by atoms with van der Waals surface area (Å²) in [5.41, 5.74) is 9.16. The average molecular weight is 446 g/mol. The molecule has 2 aromatic rings. The van der Waals surface area contributed by atoms with E-state index in [1.807, 2.05) is 36.9 Å². The first-order chi connectivity index (χ1) is 15.5. The molecule has 0 spiro atoms. The van der Waals surface area contributed by atoms with Crippen molar-refractivity contribution in [1.29, 1.82) is 0 Å². The minimum atomic E-state index is -0.501. The molecule has 0 aromatic heterocycles. The van der Waals surface area contributed by atoms with Gasteiger partial charge in [-0.05, 0) is 73.9 Å². The molecule has 32 heavy (non-hydrogen) atoms. The highest BCUT2D eigenvalue weighted by Crippen LogP contribution is 2.44. The van der Waals surface area contributed by atoms with Gasteiger partial charge in [0.25, 0.3) is 0 Å². The van der Waals surface area contributed by atoms with Gasteiger partial charge < -0.3 is 15.7 Å². The zero-order chi connectivity index (χ0) is 22.2. The number of fused-ring (bicyclic) bond motifs is 1. The van der Waals surface area contributed by atoms with Gasteiger partial charge in [-0.2, -0.15) is 4.73 Å². The second-order valence-corrected chi connectivity index (χ2v) is 9.39. The highest BCUT2D eigenvalue weighted by molar-refractivity contribution is 8.00. The standard InChI is InChI=1S/C25H23N3O3S/c1-15-12-21(20-10-11-27-25(20)28(15)30)22-14-19(32-18-6-3-7-18)8-9-23(22)31-17-5-2-4-16(13-17)24(26)29/h2,4-5,8-14,18,30H,3,6-7H2,1H3,(H2,26,29). The minimum absolute atomic E-state index is 0.390. The van der Waals surface area contributed by atoms with Crippen LogP contribution in [0.2, 0.25) is 0 Å². The number of primary amides is 1. The Kier molecular flexibility index (Phi) is 5.27. The Hall–Kier alpha value is -3.45. The third kappa shape index (κ3) is 3.80. The van der Waals surface area contributed by atoms with Crippen molar-refractivity contribution in [2.75, 3.05) is 0 Å². The Bertz CT molecular complexity index is 1280. The molecule has 0 atom stereocenters. The average Bonchev–Trinajstić information content (AvgIpc) is 3.25. The van der Waals surface area contributed by atoms with E-state index < -0.39 is 5.91 Å². The van der Waals surface area contributed by atoms with Crippen LogP contribution in [0.1, 0.15) is 35.3 Å². The molecule has 0 saturated heterocycles. The summed E-state index contributed by atoms with van der Waals surface area (Å²) in [6, 6.07) is 16.8. The van der Waals surface area contributed by atoms with E-state index in [1.54, 1.807) is 30.5 Å². The van der Waals surface area contributed by atoms with Crippen LogP contribution in [0.25, 0.3) is 22.5 Å². The summed E-state index contributed by atoms with van der Waals surface area (Å²) in [5, 5.41) is 11.0. The van der Waals surface area contributed by atoms with Gasteiger partial charge in [0.15, 0.2) is 5.82 Å². The Morgan fingerprint density at radius 1 is 1.12 bits per heavy atom. The molecule has 2 aliphatic heterocycles. The molecule has 2 heterocycles. The summed E-state index contributed by atoms with van der Waals surface area (Å²) in [6.07, 6.45) is 5.45. The van der Waals surface area contributed by atoms with E-state index in [9.17, 15) is 10.0 Å². The molecule has 2 aromatic carbocycles. The summed E-state index contributed by atoms with van der Waals surface area (Å²) >= 11 is 1.89. The summed E-state index contributed by atoms with van der Waals surface area (Å²) < 4.78 is 7.34. The first kappa shape index (κ1) is 20.5. The van der Waals surface area contributed by atoms with Gasteiger partial charge in [-0.3, -0.25) is 4.79 Å². The summed E-state index contributed by atoms with van der Waals surface area (Å²) in [4.78, 5) is 17.1. The second kappa shape index (κ2) is 8.24. The van der Waals surface area contributed by atoms with Crippen molar-refractivity contribution in [3.8, 4) is 34.0 Å². The predicted octanol–water partition coefficient (Wildman–Crippen LogP) is 5.74. The number of nitrogens with two attached hydrogens (primary N) is 1. The van der Waals surface area contributed by atoms with Gasteiger partial charge in [-0.15, -0.1) is 11.8 Å². The lowest BCUT2D eigenvalue weighted by atomic mass is 9.98. The van der Waals surface area contributed by atoms with Crippen molar-refractivity contribution in [3.63, 3.8) is 0 Å². The van der Waals surface area contributed by atoms with Crippen LogP contribution in [0.4, 0.5) is 0 Å². The highest BCUT2D eigenvalue weighted by Gasteiger charge is 2.23. The van der Waals surface area contributed by atoms with Crippen molar-refractivity contribution in [2.24, 2.45) is 5.73 Å². The van der Waals surface area contributed by atoms with Crippen molar-refractivity contribution >= 4 is 17.7 Å². The maximum atomic E-state index is 11.6. The number of hydrogen-bond acceptors (Lipinski definition) is 5. The molecule has 1 saturated carbocycles. The number of ether oxygens (including phenoxy) is 1. The van der Waals surface area contributed by atoms with Gasteiger partial charge in [-0.25, -0.2) is 4.98 Å². The fourth-order valence-corrected chi connectivity index (χ4v) is 5.13. The van der Waals surface area contributed by atoms with Crippen molar-refractivity contribution in [3.05, 3.63) is 72.1 Å². The highest BCUT2D eigenvalue weighted by atomic mass is 32.2. The lowest BCUT2D eigenvalue weighted by molar-refractivity contribution is 0.1000.